The number of rotatable bonds is 6. The maximum Gasteiger partial charge on any atom is 0.333 e. The zero-order valence-electron chi connectivity index (χ0n) is 8.01. The molecular formula is C10H16O3. The maximum atomic E-state index is 10.9. The molecule has 0 unspecified atom stereocenters. The molecular weight excluding hydrogens is 168 g/mol. The Morgan fingerprint density at radius 1 is 1.38 bits per heavy atom. The smallest absolute Gasteiger partial charge is 0.333 e. The van der Waals surface area contributed by atoms with E-state index in [2.05, 4.69) is 13.2 Å². The molecule has 3 heteroatoms. The van der Waals surface area contributed by atoms with Gasteiger partial charge in [-0.3, -0.25) is 0 Å². The third kappa shape index (κ3) is 7.12. The van der Waals surface area contributed by atoms with Crippen LogP contribution in [0.15, 0.2) is 24.5 Å². The molecule has 0 saturated carbocycles. The lowest BCUT2D eigenvalue weighted by atomic mass is 10.2. The zero-order chi connectivity index (χ0) is 10.3. The lowest BCUT2D eigenvalue weighted by molar-refractivity contribution is -0.139. The first kappa shape index (κ1) is 11.8. The van der Waals surface area contributed by atoms with E-state index in [1.807, 2.05) is 0 Å². The molecule has 0 rings (SSSR count). The minimum Gasteiger partial charge on any atom is -0.513 e. The summed E-state index contributed by atoms with van der Waals surface area (Å²) in [5.74, 6) is -0.186. The Hall–Kier alpha value is -1.25. The summed E-state index contributed by atoms with van der Waals surface area (Å²) in [4.78, 5) is 10.9. The molecule has 13 heavy (non-hydrogen) atoms. The van der Waals surface area contributed by atoms with Crippen LogP contribution >= 0.6 is 0 Å². The third-order valence-electron chi connectivity index (χ3n) is 1.44. The summed E-state index contributed by atoms with van der Waals surface area (Å²) in [5.41, 5.74) is 0.409. The number of carbonyl (C=O) groups is 1. The van der Waals surface area contributed by atoms with E-state index < -0.39 is 0 Å². The van der Waals surface area contributed by atoms with Crippen LogP contribution in [0.25, 0.3) is 0 Å². The predicted octanol–water partition coefficient (Wildman–Crippen LogP) is 2.35. The first-order valence-electron chi connectivity index (χ1n) is 4.23. The van der Waals surface area contributed by atoms with Crippen LogP contribution < -0.4 is 0 Å². The van der Waals surface area contributed by atoms with Gasteiger partial charge in [0.2, 0.25) is 0 Å². The summed E-state index contributed by atoms with van der Waals surface area (Å²) in [6.07, 6.45) is 2.07. The first-order valence-corrected chi connectivity index (χ1v) is 4.23. The van der Waals surface area contributed by atoms with Crippen molar-refractivity contribution >= 4 is 5.97 Å². The van der Waals surface area contributed by atoms with Gasteiger partial charge in [0.25, 0.3) is 0 Å². The number of hydrogen-bond donors (Lipinski definition) is 1. The number of aliphatic hydroxyl groups excluding tert-OH is 1. The number of hydrogen-bond acceptors (Lipinski definition) is 3. The summed E-state index contributed by atoms with van der Waals surface area (Å²) < 4.78 is 4.84. The lowest BCUT2D eigenvalue weighted by Gasteiger charge is -2.03. The van der Waals surface area contributed by atoms with Crippen LogP contribution in [-0.2, 0) is 9.53 Å². The van der Waals surface area contributed by atoms with Crippen molar-refractivity contribution in [3.8, 4) is 0 Å². The molecule has 1 N–H and O–H groups in total. The van der Waals surface area contributed by atoms with E-state index >= 15 is 0 Å². The highest BCUT2D eigenvalue weighted by atomic mass is 16.5. The van der Waals surface area contributed by atoms with Gasteiger partial charge in [0.1, 0.15) is 0 Å². The first-order chi connectivity index (χ1) is 6.04. The van der Waals surface area contributed by atoms with Crippen LogP contribution in [0.1, 0.15) is 26.2 Å². The Balaban J connectivity index is 3.31. The maximum absolute atomic E-state index is 10.9. The average Bonchev–Trinajstić information content (AvgIpc) is 2.02. The van der Waals surface area contributed by atoms with Crippen LogP contribution in [0.3, 0.4) is 0 Å². The molecule has 0 aromatic rings. The van der Waals surface area contributed by atoms with Gasteiger partial charge in [-0.25, -0.2) is 4.79 Å². The van der Waals surface area contributed by atoms with E-state index in [0.717, 1.165) is 12.8 Å². The molecule has 0 bridgehead atoms. The fourth-order valence-corrected chi connectivity index (χ4v) is 0.719. The largest absolute Gasteiger partial charge is 0.513 e. The molecule has 0 aromatic heterocycles. The van der Waals surface area contributed by atoms with E-state index in [1.54, 1.807) is 6.92 Å². The van der Waals surface area contributed by atoms with Crippen molar-refractivity contribution in [3.63, 3.8) is 0 Å². The Labute approximate surface area is 78.7 Å². The van der Waals surface area contributed by atoms with Crippen molar-refractivity contribution in [1.82, 2.24) is 0 Å². The van der Waals surface area contributed by atoms with E-state index in [-0.39, 0.29) is 11.7 Å². The average molecular weight is 184 g/mol. The Morgan fingerprint density at radius 3 is 2.46 bits per heavy atom. The number of aliphatic hydroxyl groups is 1. The highest BCUT2D eigenvalue weighted by molar-refractivity contribution is 5.86. The summed E-state index contributed by atoms with van der Waals surface area (Å²) >= 11 is 0. The monoisotopic (exact) mass is 184 g/mol. The summed E-state index contributed by atoms with van der Waals surface area (Å²) in [6.45, 7) is 8.79. The third-order valence-corrected chi connectivity index (χ3v) is 1.44. The fraction of sp³-hybridized carbons (Fsp3) is 0.500. The molecule has 0 atom stereocenters. The number of ether oxygens (including phenoxy) is 1. The molecule has 0 aliphatic carbocycles. The minimum absolute atomic E-state index is 0.172. The number of allylic oxidation sites excluding steroid dienone is 1. The van der Waals surface area contributed by atoms with Crippen LogP contribution in [0, 0.1) is 0 Å². The Bertz CT molecular complexity index is 206. The Kier molecular flexibility index (Phi) is 5.68. The quantitative estimate of drug-likeness (QED) is 0.298. The molecule has 0 aliphatic heterocycles. The van der Waals surface area contributed by atoms with E-state index in [9.17, 15) is 4.79 Å². The SMILES string of the molecule is C=C(O)CCCCOC(=O)C(=C)C. The van der Waals surface area contributed by atoms with Gasteiger partial charge in [-0.05, 0) is 19.8 Å². The van der Waals surface area contributed by atoms with E-state index in [1.165, 1.54) is 0 Å². The second-order valence-corrected chi connectivity index (χ2v) is 2.94. The topological polar surface area (TPSA) is 46.5 Å². The summed E-state index contributed by atoms with van der Waals surface area (Å²) in [7, 11) is 0. The van der Waals surface area contributed by atoms with Gasteiger partial charge in [0.15, 0.2) is 0 Å². The molecule has 3 nitrogen and oxygen atoms in total. The molecule has 0 radical (unpaired) electrons. The van der Waals surface area contributed by atoms with E-state index in [4.69, 9.17) is 9.84 Å². The molecule has 74 valence electrons. The molecule has 0 amide bonds. The van der Waals surface area contributed by atoms with Gasteiger partial charge in [-0.15, -0.1) is 0 Å². The van der Waals surface area contributed by atoms with Crippen molar-refractivity contribution < 1.29 is 14.6 Å². The van der Waals surface area contributed by atoms with Crippen LogP contribution in [0.5, 0.6) is 0 Å². The molecule has 0 fully saturated rings. The van der Waals surface area contributed by atoms with E-state index in [0.29, 0.717) is 18.6 Å². The lowest BCUT2D eigenvalue weighted by Crippen LogP contribution is -2.06. The second-order valence-electron chi connectivity index (χ2n) is 2.94. The van der Waals surface area contributed by atoms with Crippen LogP contribution in [-0.4, -0.2) is 17.7 Å². The second kappa shape index (κ2) is 6.29. The van der Waals surface area contributed by atoms with Gasteiger partial charge in [-0.1, -0.05) is 13.2 Å². The van der Waals surface area contributed by atoms with Crippen molar-refractivity contribution in [2.45, 2.75) is 26.2 Å². The predicted molar refractivity (Wildman–Crippen MR) is 51.4 cm³/mol. The Morgan fingerprint density at radius 2 is 2.00 bits per heavy atom. The number of esters is 1. The molecule has 0 heterocycles. The fourth-order valence-electron chi connectivity index (χ4n) is 0.719. The van der Waals surface area contributed by atoms with Gasteiger partial charge in [0.05, 0.1) is 12.4 Å². The highest BCUT2D eigenvalue weighted by Crippen LogP contribution is 2.02. The van der Waals surface area contributed by atoms with Gasteiger partial charge in [-0.2, -0.15) is 0 Å². The van der Waals surface area contributed by atoms with Gasteiger partial charge < -0.3 is 9.84 Å². The molecule has 0 saturated heterocycles. The van der Waals surface area contributed by atoms with Crippen molar-refractivity contribution in [1.29, 1.82) is 0 Å². The molecule has 0 aliphatic rings. The van der Waals surface area contributed by atoms with Crippen molar-refractivity contribution in [3.05, 3.63) is 24.5 Å². The van der Waals surface area contributed by atoms with Gasteiger partial charge in [0, 0.05) is 12.0 Å². The number of carbonyl (C=O) groups excluding carboxylic acids is 1. The van der Waals surface area contributed by atoms with Gasteiger partial charge >= 0.3 is 5.97 Å². The number of unbranched alkanes of at least 4 members (excludes halogenated alkanes) is 1. The molecule has 0 spiro atoms. The highest BCUT2D eigenvalue weighted by Gasteiger charge is 2.01. The minimum atomic E-state index is -0.358. The van der Waals surface area contributed by atoms with Crippen LogP contribution in [0.4, 0.5) is 0 Å². The normalized spacial score (nSPS) is 9.31. The summed E-state index contributed by atoms with van der Waals surface area (Å²) in [5, 5.41) is 8.73. The summed E-state index contributed by atoms with van der Waals surface area (Å²) in [6, 6.07) is 0. The van der Waals surface area contributed by atoms with Crippen LogP contribution in [0.2, 0.25) is 0 Å². The van der Waals surface area contributed by atoms with Crippen molar-refractivity contribution in [2.75, 3.05) is 6.61 Å². The van der Waals surface area contributed by atoms with Crippen molar-refractivity contribution in [2.24, 2.45) is 0 Å². The zero-order valence-corrected chi connectivity index (χ0v) is 8.01. The molecule has 0 aromatic carbocycles. The standard InChI is InChI=1S/C10H16O3/c1-8(2)10(12)13-7-5-4-6-9(3)11/h11H,1,3-7H2,2H3.